The molecular weight excluding hydrogens is 369 g/mol. The average molecular weight is 380 g/mol. The molecule has 1 aromatic carbocycles. The van der Waals surface area contributed by atoms with Gasteiger partial charge >= 0.3 is 0 Å². The molecule has 3 aromatic rings. The molecule has 24 heavy (non-hydrogen) atoms. The molecule has 0 radical (unpaired) electrons. The monoisotopic (exact) mass is 379 g/mol. The fourth-order valence-electron chi connectivity index (χ4n) is 2.54. The third-order valence-corrected chi connectivity index (χ3v) is 5.29. The predicted octanol–water partition coefficient (Wildman–Crippen LogP) is 4.34. The molecule has 4 rings (SSSR count). The minimum atomic E-state index is -0.142. The lowest BCUT2D eigenvalue weighted by molar-refractivity contribution is 0.0569. The molecular formula is C16H11Cl2N3O2S. The highest BCUT2D eigenvalue weighted by Crippen LogP contribution is 2.31. The normalized spacial score (nSPS) is 14.7. The van der Waals surface area contributed by atoms with Crippen LogP contribution in [0.4, 0.5) is 0 Å². The summed E-state index contributed by atoms with van der Waals surface area (Å²) in [6.07, 6.45) is 0. The zero-order valence-corrected chi connectivity index (χ0v) is 14.6. The number of likely N-dealkylation sites (tertiary alicyclic amines) is 1. The molecule has 0 atom stereocenters. The Hall–Kier alpha value is -1.89. The van der Waals surface area contributed by atoms with Gasteiger partial charge in [-0.15, -0.1) is 11.3 Å². The topological polar surface area (TPSA) is 59.2 Å². The second kappa shape index (κ2) is 6.20. The van der Waals surface area contributed by atoms with E-state index in [0.29, 0.717) is 40.4 Å². The Labute approximate surface area is 151 Å². The molecule has 3 heterocycles. The zero-order chi connectivity index (χ0) is 16.7. The lowest BCUT2D eigenvalue weighted by atomic mass is 9.98. The first-order valence-electron chi connectivity index (χ1n) is 7.23. The van der Waals surface area contributed by atoms with Crippen molar-refractivity contribution in [3.63, 3.8) is 0 Å². The first-order chi connectivity index (χ1) is 11.6. The van der Waals surface area contributed by atoms with Crippen LogP contribution in [0.1, 0.15) is 22.2 Å². The van der Waals surface area contributed by atoms with E-state index in [1.165, 1.54) is 0 Å². The Morgan fingerprint density at radius 2 is 2.12 bits per heavy atom. The molecule has 122 valence electrons. The first kappa shape index (κ1) is 15.6. The van der Waals surface area contributed by atoms with E-state index in [1.807, 2.05) is 17.5 Å². The maximum absolute atomic E-state index is 12.5. The van der Waals surface area contributed by atoms with Crippen LogP contribution in [0.2, 0.25) is 10.0 Å². The van der Waals surface area contributed by atoms with Crippen LogP contribution in [0.15, 0.2) is 40.2 Å². The Balaban J connectivity index is 1.45. The van der Waals surface area contributed by atoms with Gasteiger partial charge in [-0.05, 0) is 29.6 Å². The molecule has 0 bridgehead atoms. The van der Waals surface area contributed by atoms with Crippen LogP contribution in [0.3, 0.4) is 0 Å². The van der Waals surface area contributed by atoms with Crippen molar-refractivity contribution >= 4 is 40.4 Å². The fraction of sp³-hybridized carbons (Fsp3) is 0.188. The van der Waals surface area contributed by atoms with Crippen molar-refractivity contribution < 1.29 is 9.32 Å². The van der Waals surface area contributed by atoms with Gasteiger partial charge in [0.15, 0.2) is 0 Å². The van der Waals surface area contributed by atoms with E-state index in [1.54, 1.807) is 34.4 Å². The summed E-state index contributed by atoms with van der Waals surface area (Å²) in [5, 5.41) is 6.84. The van der Waals surface area contributed by atoms with Crippen LogP contribution in [0.5, 0.6) is 0 Å². The van der Waals surface area contributed by atoms with Gasteiger partial charge in [-0.1, -0.05) is 34.4 Å². The van der Waals surface area contributed by atoms with Gasteiger partial charge in [-0.3, -0.25) is 4.79 Å². The number of amides is 1. The highest BCUT2D eigenvalue weighted by molar-refractivity contribution is 7.13. The minimum absolute atomic E-state index is 0.0492. The summed E-state index contributed by atoms with van der Waals surface area (Å²) in [4.78, 5) is 19.6. The zero-order valence-electron chi connectivity index (χ0n) is 12.3. The van der Waals surface area contributed by atoms with Gasteiger partial charge < -0.3 is 9.42 Å². The van der Waals surface area contributed by atoms with Crippen LogP contribution in [0.25, 0.3) is 10.7 Å². The molecule has 0 unspecified atom stereocenters. The molecule has 1 aliphatic rings. The van der Waals surface area contributed by atoms with Crippen molar-refractivity contribution in [3.05, 3.63) is 57.2 Å². The standard InChI is InChI=1S/C16H11Cl2N3O2S/c17-10-3-4-12(18)11(6-10)16(22)21-7-9(8-21)15-19-14(20-23-15)13-2-1-5-24-13/h1-6,9H,7-8H2. The highest BCUT2D eigenvalue weighted by Gasteiger charge is 2.36. The number of hydrogen-bond donors (Lipinski definition) is 0. The molecule has 1 amide bonds. The number of thiophene rings is 1. The van der Waals surface area contributed by atoms with E-state index >= 15 is 0 Å². The second-order valence-electron chi connectivity index (χ2n) is 5.46. The average Bonchev–Trinajstić information content (AvgIpc) is 3.18. The van der Waals surface area contributed by atoms with E-state index in [4.69, 9.17) is 27.7 Å². The van der Waals surface area contributed by atoms with Gasteiger partial charge in [-0.25, -0.2) is 0 Å². The number of carbonyl (C=O) groups excluding carboxylic acids is 1. The van der Waals surface area contributed by atoms with Crippen LogP contribution in [-0.2, 0) is 0 Å². The Bertz CT molecular complexity index is 889. The number of halogens is 2. The molecule has 1 aliphatic heterocycles. The summed E-state index contributed by atoms with van der Waals surface area (Å²) in [5.41, 5.74) is 0.410. The maximum Gasteiger partial charge on any atom is 0.255 e. The second-order valence-corrected chi connectivity index (χ2v) is 7.26. The fourth-order valence-corrected chi connectivity index (χ4v) is 3.56. The quantitative estimate of drug-likeness (QED) is 0.678. The number of hydrogen-bond acceptors (Lipinski definition) is 5. The Morgan fingerprint density at radius 3 is 2.88 bits per heavy atom. The van der Waals surface area contributed by atoms with Gasteiger partial charge in [-0.2, -0.15) is 4.98 Å². The van der Waals surface area contributed by atoms with Crippen molar-refractivity contribution in [1.82, 2.24) is 15.0 Å². The highest BCUT2D eigenvalue weighted by atomic mass is 35.5. The molecule has 1 saturated heterocycles. The summed E-state index contributed by atoms with van der Waals surface area (Å²) >= 11 is 13.6. The van der Waals surface area contributed by atoms with E-state index in [2.05, 4.69) is 10.1 Å². The third kappa shape index (κ3) is 2.81. The maximum atomic E-state index is 12.5. The van der Waals surface area contributed by atoms with E-state index in [0.717, 1.165) is 4.88 Å². The van der Waals surface area contributed by atoms with Crippen LogP contribution in [0, 0.1) is 0 Å². The van der Waals surface area contributed by atoms with E-state index in [9.17, 15) is 4.79 Å². The molecule has 8 heteroatoms. The summed E-state index contributed by atoms with van der Waals surface area (Å²) in [5.74, 6) is 1.05. The summed E-state index contributed by atoms with van der Waals surface area (Å²) < 4.78 is 5.33. The predicted molar refractivity (Wildman–Crippen MR) is 92.7 cm³/mol. The van der Waals surface area contributed by atoms with Gasteiger partial charge in [0.1, 0.15) is 0 Å². The van der Waals surface area contributed by atoms with Gasteiger partial charge in [0.25, 0.3) is 5.91 Å². The summed E-state index contributed by atoms with van der Waals surface area (Å²) in [6.45, 7) is 1.04. The SMILES string of the molecule is O=C(c1cc(Cl)ccc1Cl)N1CC(c2nc(-c3cccs3)no2)C1. The molecule has 1 fully saturated rings. The van der Waals surface area contributed by atoms with Crippen LogP contribution >= 0.6 is 34.5 Å². The lowest BCUT2D eigenvalue weighted by Gasteiger charge is -2.37. The minimum Gasteiger partial charge on any atom is -0.339 e. The van der Waals surface area contributed by atoms with E-state index < -0.39 is 0 Å². The van der Waals surface area contributed by atoms with Gasteiger partial charge in [0.2, 0.25) is 11.7 Å². The molecule has 0 aliphatic carbocycles. The summed E-state index contributed by atoms with van der Waals surface area (Å²) in [7, 11) is 0. The number of aromatic nitrogens is 2. The van der Waals surface area contributed by atoms with Crippen molar-refractivity contribution in [2.24, 2.45) is 0 Å². The van der Waals surface area contributed by atoms with Crippen molar-refractivity contribution in [2.45, 2.75) is 5.92 Å². The third-order valence-electron chi connectivity index (χ3n) is 3.86. The van der Waals surface area contributed by atoms with Crippen molar-refractivity contribution in [3.8, 4) is 10.7 Å². The van der Waals surface area contributed by atoms with Gasteiger partial charge in [0, 0.05) is 18.1 Å². The number of rotatable bonds is 3. The number of nitrogens with zero attached hydrogens (tertiary/aromatic N) is 3. The van der Waals surface area contributed by atoms with Crippen LogP contribution < -0.4 is 0 Å². The number of benzene rings is 1. The Kier molecular flexibility index (Phi) is 4.04. The molecule has 0 saturated carbocycles. The summed E-state index contributed by atoms with van der Waals surface area (Å²) in [6, 6.07) is 8.75. The smallest absolute Gasteiger partial charge is 0.255 e. The van der Waals surface area contributed by atoms with Gasteiger partial charge in [0.05, 0.1) is 21.4 Å². The molecule has 0 N–H and O–H groups in total. The van der Waals surface area contributed by atoms with Crippen LogP contribution in [-0.4, -0.2) is 34.0 Å². The molecule has 0 spiro atoms. The van der Waals surface area contributed by atoms with Crippen molar-refractivity contribution in [2.75, 3.05) is 13.1 Å². The molecule has 5 nitrogen and oxygen atoms in total. The van der Waals surface area contributed by atoms with Crippen molar-refractivity contribution in [1.29, 1.82) is 0 Å². The number of carbonyl (C=O) groups is 1. The Morgan fingerprint density at radius 1 is 1.29 bits per heavy atom. The lowest BCUT2D eigenvalue weighted by Crippen LogP contribution is -2.48. The molecule has 2 aromatic heterocycles. The largest absolute Gasteiger partial charge is 0.339 e. The van der Waals surface area contributed by atoms with E-state index in [-0.39, 0.29) is 11.8 Å². The first-order valence-corrected chi connectivity index (χ1v) is 8.87.